The van der Waals surface area contributed by atoms with E-state index >= 15 is 0 Å². The van der Waals surface area contributed by atoms with Crippen molar-refractivity contribution < 1.29 is 18.0 Å². The second kappa shape index (κ2) is 4.80. The third-order valence-electron chi connectivity index (χ3n) is 4.78. The minimum Gasteiger partial charge on any atom is -0.279 e. The molecule has 20 heavy (non-hydrogen) atoms. The summed E-state index contributed by atoms with van der Waals surface area (Å²) in [5.74, 6) is -0.0657. The van der Waals surface area contributed by atoms with Gasteiger partial charge in [-0.15, -0.1) is 0 Å². The molecule has 0 aromatic carbocycles. The van der Waals surface area contributed by atoms with Gasteiger partial charge in [0.1, 0.15) is 0 Å². The summed E-state index contributed by atoms with van der Waals surface area (Å²) in [5, 5.41) is 0. The highest BCUT2D eigenvalue weighted by Crippen LogP contribution is 2.40. The molecule has 0 aliphatic carbocycles. The number of rotatable bonds is 3. The van der Waals surface area contributed by atoms with Crippen LogP contribution in [0.2, 0.25) is 0 Å². The van der Waals surface area contributed by atoms with Gasteiger partial charge >= 0.3 is 0 Å². The Hall–Kier alpha value is -0.950. The molecule has 0 saturated carbocycles. The van der Waals surface area contributed by atoms with Crippen molar-refractivity contribution in [3.8, 4) is 0 Å². The van der Waals surface area contributed by atoms with Crippen LogP contribution >= 0.6 is 0 Å². The summed E-state index contributed by atoms with van der Waals surface area (Å²) in [7, 11) is -3.19. The molecule has 2 unspecified atom stereocenters. The van der Waals surface area contributed by atoms with Crippen molar-refractivity contribution in [1.29, 1.82) is 0 Å². The lowest BCUT2D eigenvalue weighted by Gasteiger charge is -2.40. The number of nitrogens with zero attached hydrogens (tertiary/aromatic N) is 2. The second-order valence-corrected chi connectivity index (χ2v) is 8.06. The van der Waals surface area contributed by atoms with Crippen LogP contribution in [0.25, 0.3) is 0 Å². The van der Waals surface area contributed by atoms with Gasteiger partial charge < -0.3 is 0 Å². The summed E-state index contributed by atoms with van der Waals surface area (Å²) in [5.41, 5.74) is 0. The average Bonchev–Trinajstić information content (AvgIpc) is 2.88. The SMILES string of the molecule is CCS(=O)(=O)N1C2CCC1CC(N1C(=O)CCC1=O)C2. The number of likely N-dealkylation sites (tertiary alicyclic amines) is 1. The highest BCUT2D eigenvalue weighted by Gasteiger charge is 2.49. The fourth-order valence-electron chi connectivity index (χ4n) is 3.92. The Labute approximate surface area is 119 Å². The zero-order chi connectivity index (χ0) is 14.5. The van der Waals surface area contributed by atoms with E-state index in [0.717, 1.165) is 12.8 Å². The summed E-state index contributed by atoms with van der Waals surface area (Å²) >= 11 is 0. The van der Waals surface area contributed by atoms with Crippen molar-refractivity contribution in [3.05, 3.63) is 0 Å². The maximum atomic E-state index is 12.2. The third kappa shape index (κ3) is 2.07. The van der Waals surface area contributed by atoms with Gasteiger partial charge in [-0.3, -0.25) is 14.5 Å². The average molecular weight is 300 g/mol. The molecule has 0 spiro atoms. The first kappa shape index (κ1) is 14.0. The summed E-state index contributed by atoms with van der Waals surface area (Å²) < 4.78 is 25.9. The van der Waals surface area contributed by atoms with E-state index in [4.69, 9.17) is 0 Å². The molecule has 2 bridgehead atoms. The van der Waals surface area contributed by atoms with E-state index < -0.39 is 10.0 Å². The van der Waals surface area contributed by atoms with E-state index in [-0.39, 0.29) is 35.7 Å². The fraction of sp³-hybridized carbons (Fsp3) is 0.846. The first-order chi connectivity index (χ1) is 9.44. The Kier molecular flexibility index (Phi) is 3.36. The van der Waals surface area contributed by atoms with E-state index in [2.05, 4.69) is 0 Å². The lowest BCUT2D eigenvalue weighted by Crippen LogP contribution is -2.53. The Balaban J connectivity index is 1.80. The molecule has 6 nitrogen and oxygen atoms in total. The van der Waals surface area contributed by atoms with E-state index in [1.807, 2.05) is 0 Å². The first-order valence-corrected chi connectivity index (χ1v) is 8.91. The van der Waals surface area contributed by atoms with Gasteiger partial charge in [-0.05, 0) is 32.6 Å². The molecular formula is C13H20N2O4S. The van der Waals surface area contributed by atoms with E-state index in [1.165, 1.54) is 4.90 Å². The van der Waals surface area contributed by atoms with E-state index in [9.17, 15) is 18.0 Å². The normalized spacial score (nSPS) is 35.0. The number of hydrogen-bond donors (Lipinski definition) is 0. The van der Waals surface area contributed by atoms with Crippen LogP contribution in [-0.2, 0) is 19.6 Å². The molecule has 112 valence electrons. The molecule has 2 amide bonds. The van der Waals surface area contributed by atoms with Crippen molar-refractivity contribution in [2.75, 3.05) is 5.75 Å². The summed E-state index contributed by atoms with van der Waals surface area (Å²) in [6.45, 7) is 1.66. The van der Waals surface area contributed by atoms with Crippen molar-refractivity contribution in [3.63, 3.8) is 0 Å². The van der Waals surface area contributed by atoms with Crippen LogP contribution in [0.15, 0.2) is 0 Å². The number of carbonyl (C=O) groups excluding carboxylic acids is 2. The lowest BCUT2D eigenvalue weighted by atomic mass is 9.98. The molecule has 2 atom stereocenters. The van der Waals surface area contributed by atoms with Gasteiger partial charge in [-0.25, -0.2) is 8.42 Å². The van der Waals surface area contributed by atoms with Crippen molar-refractivity contribution in [2.45, 2.75) is 63.6 Å². The Morgan fingerprint density at radius 2 is 1.50 bits per heavy atom. The van der Waals surface area contributed by atoms with Gasteiger partial charge in [0, 0.05) is 31.0 Å². The molecule has 0 radical (unpaired) electrons. The molecule has 3 rings (SSSR count). The van der Waals surface area contributed by atoms with Gasteiger partial charge in [-0.1, -0.05) is 0 Å². The number of imide groups is 1. The summed E-state index contributed by atoms with van der Waals surface area (Å²) in [6.07, 6.45) is 3.51. The highest BCUT2D eigenvalue weighted by molar-refractivity contribution is 7.89. The zero-order valence-corrected chi connectivity index (χ0v) is 12.4. The number of sulfonamides is 1. The first-order valence-electron chi connectivity index (χ1n) is 7.30. The van der Waals surface area contributed by atoms with Crippen LogP contribution in [-0.4, -0.2) is 53.3 Å². The number of hydrogen-bond acceptors (Lipinski definition) is 4. The molecule has 7 heteroatoms. The topological polar surface area (TPSA) is 74.8 Å². The number of piperidine rings is 1. The minimum atomic E-state index is -3.19. The van der Waals surface area contributed by atoms with E-state index in [0.29, 0.717) is 25.7 Å². The number of fused-ring (bicyclic) bond motifs is 2. The second-order valence-electron chi connectivity index (χ2n) is 5.90. The number of amides is 2. The largest absolute Gasteiger partial charge is 0.279 e. The summed E-state index contributed by atoms with van der Waals surface area (Å²) in [4.78, 5) is 25.1. The molecule has 3 heterocycles. The minimum absolute atomic E-state index is 0.0371. The Bertz CT molecular complexity index is 515. The fourth-order valence-corrected chi connectivity index (χ4v) is 5.51. The smallest absolute Gasteiger partial charge is 0.229 e. The van der Waals surface area contributed by atoms with Gasteiger partial charge in [0.05, 0.1) is 5.75 Å². The molecule has 0 N–H and O–H groups in total. The highest BCUT2D eigenvalue weighted by atomic mass is 32.2. The molecule has 3 saturated heterocycles. The predicted molar refractivity (Wildman–Crippen MR) is 72.2 cm³/mol. The third-order valence-corrected chi connectivity index (χ3v) is 6.75. The van der Waals surface area contributed by atoms with Gasteiger partial charge in [0.15, 0.2) is 0 Å². The van der Waals surface area contributed by atoms with E-state index in [1.54, 1.807) is 11.2 Å². The van der Waals surface area contributed by atoms with Crippen LogP contribution in [0.4, 0.5) is 0 Å². The maximum Gasteiger partial charge on any atom is 0.229 e. The molecule has 0 aromatic rings. The zero-order valence-electron chi connectivity index (χ0n) is 11.6. The lowest BCUT2D eigenvalue weighted by molar-refractivity contribution is -0.142. The maximum absolute atomic E-state index is 12.2. The van der Waals surface area contributed by atoms with Crippen LogP contribution < -0.4 is 0 Å². The van der Waals surface area contributed by atoms with Crippen LogP contribution in [0.1, 0.15) is 45.4 Å². The number of carbonyl (C=O) groups is 2. The van der Waals surface area contributed by atoms with Gasteiger partial charge in [-0.2, -0.15) is 4.31 Å². The van der Waals surface area contributed by atoms with Crippen molar-refractivity contribution in [2.24, 2.45) is 0 Å². The molecule has 3 fully saturated rings. The monoisotopic (exact) mass is 300 g/mol. The standard InChI is InChI=1S/C13H20N2O4S/c1-2-20(18,19)15-9-3-4-10(15)8-11(7-9)14-12(16)5-6-13(14)17/h9-11H,2-8H2,1H3. The quantitative estimate of drug-likeness (QED) is 0.711. The van der Waals surface area contributed by atoms with Crippen LogP contribution in [0, 0.1) is 0 Å². The summed E-state index contributed by atoms with van der Waals surface area (Å²) in [6, 6.07) is -0.173. The van der Waals surface area contributed by atoms with Crippen molar-refractivity contribution in [1.82, 2.24) is 9.21 Å². The van der Waals surface area contributed by atoms with Crippen LogP contribution in [0.3, 0.4) is 0 Å². The Morgan fingerprint density at radius 3 is 1.95 bits per heavy atom. The predicted octanol–water partition coefficient (Wildman–Crippen LogP) is 0.481. The molecular weight excluding hydrogens is 280 g/mol. The molecule has 0 aromatic heterocycles. The van der Waals surface area contributed by atoms with Gasteiger partial charge in [0.2, 0.25) is 21.8 Å². The van der Waals surface area contributed by atoms with Gasteiger partial charge in [0.25, 0.3) is 0 Å². The molecule has 3 aliphatic rings. The molecule has 3 aliphatic heterocycles. The Morgan fingerprint density at radius 1 is 1.00 bits per heavy atom. The van der Waals surface area contributed by atoms with Crippen LogP contribution in [0.5, 0.6) is 0 Å². The van der Waals surface area contributed by atoms with Crippen molar-refractivity contribution >= 4 is 21.8 Å².